The van der Waals surface area contributed by atoms with Crippen molar-refractivity contribution in [1.29, 1.82) is 0 Å². The van der Waals surface area contributed by atoms with E-state index in [4.69, 9.17) is 15.6 Å². The summed E-state index contributed by atoms with van der Waals surface area (Å²) in [7, 11) is 0. The number of aryl methyl sites for hydroxylation is 1. The number of rotatable bonds is 5. The Labute approximate surface area is 90.9 Å². The van der Waals surface area contributed by atoms with Crippen LogP contribution in [-0.2, 0) is 0 Å². The number of aliphatic hydroxyl groups excluding tert-OH is 1. The zero-order chi connectivity index (χ0) is 11.3. The Morgan fingerprint density at radius 1 is 1.47 bits per heavy atom. The molecule has 3 N–H and O–H groups in total. The van der Waals surface area contributed by atoms with E-state index in [2.05, 4.69) is 0 Å². The highest BCUT2D eigenvalue weighted by Gasteiger charge is 2.09. The average Bonchev–Trinajstić information content (AvgIpc) is 2.20. The second-order valence-corrected chi connectivity index (χ2v) is 3.71. The largest absolute Gasteiger partial charge is 0.493 e. The summed E-state index contributed by atoms with van der Waals surface area (Å²) in [5.74, 6) is 0.862. The van der Waals surface area contributed by atoms with Gasteiger partial charge in [0.1, 0.15) is 5.75 Å². The van der Waals surface area contributed by atoms with Crippen LogP contribution in [-0.4, -0.2) is 18.3 Å². The Morgan fingerprint density at radius 3 is 2.80 bits per heavy atom. The summed E-state index contributed by atoms with van der Waals surface area (Å²) in [6, 6.07) is 5.92. The summed E-state index contributed by atoms with van der Waals surface area (Å²) >= 11 is 0. The Hall–Kier alpha value is -1.06. The topological polar surface area (TPSA) is 55.5 Å². The highest BCUT2D eigenvalue weighted by atomic mass is 16.5. The van der Waals surface area contributed by atoms with Crippen LogP contribution in [0.5, 0.6) is 5.75 Å². The molecule has 0 amide bonds. The number of ether oxygens (including phenoxy) is 1. The van der Waals surface area contributed by atoms with Gasteiger partial charge in [0.15, 0.2) is 0 Å². The van der Waals surface area contributed by atoms with Crippen LogP contribution >= 0.6 is 0 Å². The molecular formula is C12H19NO2. The Balaban J connectivity index is 2.82. The standard InChI is InChI=1S/C12H19NO2/c1-9-5-3-6-11(10(2)13)12(9)15-8-4-7-14/h3,5-6,10,14H,4,7-8,13H2,1-2H3. The quantitative estimate of drug-likeness (QED) is 0.727. The molecule has 1 aromatic carbocycles. The first-order valence-electron chi connectivity index (χ1n) is 5.25. The molecule has 1 rings (SSSR count). The summed E-state index contributed by atoms with van der Waals surface area (Å²) in [5, 5.41) is 8.69. The summed E-state index contributed by atoms with van der Waals surface area (Å²) < 4.78 is 5.63. The van der Waals surface area contributed by atoms with Crippen molar-refractivity contribution in [3.05, 3.63) is 29.3 Å². The van der Waals surface area contributed by atoms with Crippen molar-refractivity contribution >= 4 is 0 Å². The van der Waals surface area contributed by atoms with Crippen LogP contribution in [0.2, 0.25) is 0 Å². The lowest BCUT2D eigenvalue weighted by Gasteiger charge is -2.16. The fourth-order valence-electron chi connectivity index (χ4n) is 1.47. The van der Waals surface area contributed by atoms with E-state index >= 15 is 0 Å². The van der Waals surface area contributed by atoms with E-state index in [1.54, 1.807) is 0 Å². The van der Waals surface area contributed by atoms with Crippen LogP contribution in [0.3, 0.4) is 0 Å². The number of hydrogen-bond acceptors (Lipinski definition) is 3. The monoisotopic (exact) mass is 209 g/mol. The van der Waals surface area contributed by atoms with Crippen LogP contribution in [0.1, 0.15) is 30.5 Å². The number of para-hydroxylation sites is 1. The van der Waals surface area contributed by atoms with Gasteiger partial charge in [0.05, 0.1) is 6.61 Å². The van der Waals surface area contributed by atoms with E-state index in [0.717, 1.165) is 16.9 Å². The van der Waals surface area contributed by atoms with Gasteiger partial charge in [-0.05, 0) is 19.4 Å². The van der Waals surface area contributed by atoms with Gasteiger partial charge in [-0.25, -0.2) is 0 Å². The second-order valence-electron chi connectivity index (χ2n) is 3.71. The van der Waals surface area contributed by atoms with E-state index in [1.165, 1.54) is 0 Å². The van der Waals surface area contributed by atoms with E-state index in [1.807, 2.05) is 32.0 Å². The minimum Gasteiger partial charge on any atom is -0.493 e. The fraction of sp³-hybridized carbons (Fsp3) is 0.500. The molecule has 0 saturated carbocycles. The maximum atomic E-state index is 8.69. The molecule has 0 aliphatic rings. The molecular weight excluding hydrogens is 190 g/mol. The maximum absolute atomic E-state index is 8.69. The summed E-state index contributed by atoms with van der Waals surface area (Å²) in [4.78, 5) is 0. The smallest absolute Gasteiger partial charge is 0.126 e. The lowest BCUT2D eigenvalue weighted by molar-refractivity contribution is 0.231. The van der Waals surface area contributed by atoms with E-state index in [-0.39, 0.29) is 12.6 Å². The molecule has 15 heavy (non-hydrogen) atoms. The van der Waals surface area contributed by atoms with Gasteiger partial charge >= 0.3 is 0 Å². The molecule has 84 valence electrons. The molecule has 3 nitrogen and oxygen atoms in total. The van der Waals surface area contributed by atoms with Crippen molar-refractivity contribution in [2.24, 2.45) is 5.73 Å². The van der Waals surface area contributed by atoms with E-state index in [9.17, 15) is 0 Å². The first-order valence-corrected chi connectivity index (χ1v) is 5.25. The molecule has 1 atom stereocenters. The first kappa shape index (κ1) is 12.0. The Kier molecular flexibility index (Phi) is 4.59. The zero-order valence-corrected chi connectivity index (χ0v) is 9.36. The highest BCUT2D eigenvalue weighted by Crippen LogP contribution is 2.27. The third-order valence-corrected chi connectivity index (χ3v) is 2.28. The van der Waals surface area contributed by atoms with Crippen molar-refractivity contribution in [2.75, 3.05) is 13.2 Å². The molecule has 1 unspecified atom stereocenters. The predicted octanol–water partition coefficient (Wildman–Crippen LogP) is 1.78. The van der Waals surface area contributed by atoms with Crippen molar-refractivity contribution in [2.45, 2.75) is 26.3 Å². The van der Waals surface area contributed by atoms with Gasteiger partial charge in [-0.15, -0.1) is 0 Å². The predicted molar refractivity (Wildman–Crippen MR) is 61.0 cm³/mol. The van der Waals surface area contributed by atoms with Gasteiger partial charge in [-0.2, -0.15) is 0 Å². The summed E-state index contributed by atoms with van der Waals surface area (Å²) in [5.41, 5.74) is 7.97. The van der Waals surface area contributed by atoms with Gasteiger partial charge in [0.2, 0.25) is 0 Å². The SMILES string of the molecule is Cc1cccc(C(C)N)c1OCCCO. The van der Waals surface area contributed by atoms with Gasteiger partial charge in [-0.3, -0.25) is 0 Å². The third-order valence-electron chi connectivity index (χ3n) is 2.28. The van der Waals surface area contributed by atoms with Gasteiger partial charge in [0, 0.05) is 24.6 Å². The fourth-order valence-corrected chi connectivity index (χ4v) is 1.47. The normalized spacial score (nSPS) is 12.5. The Morgan fingerprint density at radius 2 is 2.20 bits per heavy atom. The van der Waals surface area contributed by atoms with Crippen molar-refractivity contribution in [3.63, 3.8) is 0 Å². The number of aliphatic hydroxyl groups is 1. The van der Waals surface area contributed by atoms with Gasteiger partial charge in [0.25, 0.3) is 0 Å². The number of hydrogen-bond donors (Lipinski definition) is 2. The number of benzene rings is 1. The van der Waals surface area contributed by atoms with Gasteiger partial charge in [-0.1, -0.05) is 18.2 Å². The van der Waals surface area contributed by atoms with Crippen LogP contribution in [0.4, 0.5) is 0 Å². The van der Waals surface area contributed by atoms with Crippen molar-refractivity contribution in [1.82, 2.24) is 0 Å². The lowest BCUT2D eigenvalue weighted by atomic mass is 10.0. The molecule has 0 aromatic heterocycles. The molecule has 0 saturated heterocycles. The molecule has 0 radical (unpaired) electrons. The third kappa shape index (κ3) is 3.22. The molecule has 0 bridgehead atoms. The van der Waals surface area contributed by atoms with Crippen molar-refractivity contribution in [3.8, 4) is 5.75 Å². The maximum Gasteiger partial charge on any atom is 0.126 e. The second kappa shape index (κ2) is 5.73. The van der Waals surface area contributed by atoms with Crippen LogP contribution in [0, 0.1) is 6.92 Å². The average molecular weight is 209 g/mol. The molecule has 3 heteroatoms. The molecule has 0 aliphatic heterocycles. The van der Waals surface area contributed by atoms with Crippen LogP contribution in [0.15, 0.2) is 18.2 Å². The first-order chi connectivity index (χ1) is 7.16. The Bertz CT molecular complexity index is 310. The molecule has 1 aromatic rings. The van der Waals surface area contributed by atoms with Crippen LogP contribution < -0.4 is 10.5 Å². The van der Waals surface area contributed by atoms with Gasteiger partial charge < -0.3 is 15.6 Å². The van der Waals surface area contributed by atoms with E-state index in [0.29, 0.717) is 13.0 Å². The zero-order valence-electron chi connectivity index (χ0n) is 9.36. The minimum atomic E-state index is -0.0333. The van der Waals surface area contributed by atoms with Crippen LogP contribution in [0.25, 0.3) is 0 Å². The molecule has 0 heterocycles. The molecule has 0 aliphatic carbocycles. The summed E-state index contributed by atoms with van der Waals surface area (Å²) in [6.45, 7) is 4.62. The van der Waals surface area contributed by atoms with Crippen molar-refractivity contribution < 1.29 is 9.84 Å². The molecule has 0 fully saturated rings. The lowest BCUT2D eigenvalue weighted by Crippen LogP contribution is -2.10. The summed E-state index contributed by atoms with van der Waals surface area (Å²) in [6.07, 6.45) is 0.646. The highest BCUT2D eigenvalue weighted by molar-refractivity contribution is 5.42. The molecule has 0 spiro atoms. The number of nitrogens with two attached hydrogens (primary N) is 1. The minimum absolute atomic E-state index is 0.0333. The van der Waals surface area contributed by atoms with E-state index < -0.39 is 0 Å².